The monoisotopic (exact) mass is 409 g/mol. The van der Waals surface area contributed by atoms with Gasteiger partial charge in [0.2, 0.25) is 5.91 Å². The molecule has 2 amide bonds. The molecular weight excluding hydrogens is 386 g/mol. The van der Waals surface area contributed by atoms with Crippen molar-refractivity contribution in [3.8, 4) is 0 Å². The number of carbonyl (C=O) groups is 2. The molecule has 1 aromatic carbocycles. The third-order valence-corrected chi connectivity index (χ3v) is 6.94. The molecule has 0 bridgehead atoms. The SMILES string of the molecule is CCn1c(=NC(=O)CS(=O)(=O)CC(=O)N2CCCC2)sc2cc(C)ccc21. The number of nitrogens with zero attached hydrogens (tertiary/aromatic N) is 3. The Morgan fingerprint density at radius 2 is 1.89 bits per heavy atom. The molecule has 7 nitrogen and oxygen atoms in total. The molecule has 2 heterocycles. The first kappa shape index (κ1) is 19.8. The van der Waals surface area contributed by atoms with Crippen LogP contribution in [0.25, 0.3) is 10.2 Å². The van der Waals surface area contributed by atoms with Crippen LogP contribution in [-0.2, 0) is 26.0 Å². The van der Waals surface area contributed by atoms with Crippen molar-refractivity contribution in [2.45, 2.75) is 33.2 Å². The zero-order valence-electron chi connectivity index (χ0n) is 15.5. The summed E-state index contributed by atoms with van der Waals surface area (Å²) in [7, 11) is -3.83. The molecule has 0 radical (unpaired) electrons. The Kier molecular flexibility index (Phi) is 5.81. The lowest BCUT2D eigenvalue weighted by molar-refractivity contribution is -0.127. The molecule has 0 saturated carbocycles. The lowest BCUT2D eigenvalue weighted by Gasteiger charge is -2.14. The summed E-state index contributed by atoms with van der Waals surface area (Å²) in [5, 5.41) is 0. The Hall–Kier alpha value is -2.00. The van der Waals surface area contributed by atoms with Gasteiger partial charge in [-0.25, -0.2) is 8.42 Å². The van der Waals surface area contributed by atoms with Crippen molar-refractivity contribution in [1.82, 2.24) is 9.47 Å². The highest BCUT2D eigenvalue weighted by molar-refractivity contribution is 7.92. The zero-order chi connectivity index (χ0) is 19.6. The first-order valence-electron chi connectivity index (χ1n) is 8.95. The van der Waals surface area contributed by atoms with Crippen LogP contribution in [0.1, 0.15) is 25.3 Å². The number of thiazole rings is 1. The van der Waals surface area contributed by atoms with Crippen LogP contribution in [0.5, 0.6) is 0 Å². The fourth-order valence-corrected chi connectivity index (χ4v) is 5.51. The number of aryl methyl sites for hydroxylation is 2. The van der Waals surface area contributed by atoms with E-state index in [0.29, 0.717) is 24.4 Å². The second-order valence-corrected chi connectivity index (χ2v) is 9.80. The molecule has 1 aromatic heterocycles. The Bertz CT molecular complexity index is 1040. The van der Waals surface area contributed by atoms with Gasteiger partial charge in [0.25, 0.3) is 5.91 Å². The summed E-state index contributed by atoms with van der Waals surface area (Å²) < 4.78 is 27.4. The molecule has 2 aromatic rings. The molecule has 3 rings (SSSR count). The number of rotatable bonds is 5. The van der Waals surface area contributed by atoms with E-state index in [1.807, 2.05) is 36.6 Å². The van der Waals surface area contributed by atoms with Crippen LogP contribution in [0.4, 0.5) is 0 Å². The summed E-state index contributed by atoms with van der Waals surface area (Å²) in [6.07, 6.45) is 1.78. The smallest absolute Gasteiger partial charge is 0.263 e. The molecule has 0 unspecified atom stereocenters. The highest BCUT2D eigenvalue weighted by Gasteiger charge is 2.26. The van der Waals surface area contributed by atoms with Crippen molar-refractivity contribution in [1.29, 1.82) is 0 Å². The Balaban J connectivity index is 1.79. The second-order valence-electron chi connectivity index (χ2n) is 6.73. The largest absolute Gasteiger partial charge is 0.342 e. The molecule has 0 atom stereocenters. The van der Waals surface area contributed by atoms with Crippen molar-refractivity contribution in [3.05, 3.63) is 28.6 Å². The molecule has 27 heavy (non-hydrogen) atoms. The Labute approximate surface area is 162 Å². The van der Waals surface area contributed by atoms with E-state index in [9.17, 15) is 18.0 Å². The minimum atomic E-state index is -3.83. The van der Waals surface area contributed by atoms with Crippen LogP contribution in [0.2, 0.25) is 0 Å². The van der Waals surface area contributed by atoms with Gasteiger partial charge >= 0.3 is 0 Å². The van der Waals surface area contributed by atoms with E-state index in [2.05, 4.69) is 4.99 Å². The topological polar surface area (TPSA) is 88.8 Å². The van der Waals surface area contributed by atoms with Crippen LogP contribution in [0.3, 0.4) is 0 Å². The first-order chi connectivity index (χ1) is 12.8. The number of sulfone groups is 1. The van der Waals surface area contributed by atoms with E-state index in [4.69, 9.17) is 0 Å². The fraction of sp³-hybridized carbons (Fsp3) is 0.500. The summed E-state index contributed by atoms with van der Waals surface area (Å²) in [5.74, 6) is -2.55. The van der Waals surface area contributed by atoms with E-state index in [1.165, 1.54) is 11.3 Å². The van der Waals surface area contributed by atoms with Gasteiger partial charge < -0.3 is 9.47 Å². The lowest BCUT2D eigenvalue weighted by Crippen LogP contribution is -2.35. The number of likely N-dealkylation sites (tertiary alicyclic amines) is 1. The van der Waals surface area contributed by atoms with Gasteiger partial charge in [0, 0.05) is 19.6 Å². The minimum Gasteiger partial charge on any atom is -0.342 e. The Morgan fingerprint density at radius 3 is 2.56 bits per heavy atom. The average molecular weight is 410 g/mol. The molecule has 1 aliphatic rings. The molecule has 146 valence electrons. The molecule has 1 saturated heterocycles. The molecule has 0 aliphatic carbocycles. The maximum absolute atomic E-state index is 12.3. The van der Waals surface area contributed by atoms with Gasteiger partial charge in [-0.05, 0) is 44.4 Å². The summed E-state index contributed by atoms with van der Waals surface area (Å²) in [4.78, 5) is 30.4. The van der Waals surface area contributed by atoms with Crippen molar-refractivity contribution >= 4 is 43.2 Å². The Morgan fingerprint density at radius 1 is 1.19 bits per heavy atom. The molecule has 0 N–H and O–H groups in total. The fourth-order valence-electron chi connectivity index (χ4n) is 3.20. The summed E-state index contributed by atoms with van der Waals surface area (Å²) in [5.41, 5.74) is 2.07. The van der Waals surface area contributed by atoms with Crippen LogP contribution in [-0.4, -0.2) is 54.3 Å². The van der Waals surface area contributed by atoms with Gasteiger partial charge in [0.1, 0.15) is 11.5 Å². The normalized spacial score (nSPS) is 15.6. The van der Waals surface area contributed by atoms with Crippen molar-refractivity contribution in [2.24, 2.45) is 4.99 Å². The predicted octanol–water partition coefficient (Wildman–Crippen LogP) is 1.50. The maximum Gasteiger partial charge on any atom is 0.263 e. The summed E-state index contributed by atoms with van der Waals surface area (Å²) >= 11 is 1.36. The van der Waals surface area contributed by atoms with Crippen LogP contribution >= 0.6 is 11.3 Å². The van der Waals surface area contributed by atoms with E-state index < -0.39 is 33.2 Å². The molecule has 0 spiro atoms. The number of benzene rings is 1. The van der Waals surface area contributed by atoms with Gasteiger partial charge in [0.05, 0.1) is 10.2 Å². The van der Waals surface area contributed by atoms with Crippen molar-refractivity contribution < 1.29 is 18.0 Å². The predicted molar refractivity (Wildman–Crippen MR) is 105 cm³/mol. The van der Waals surface area contributed by atoms with Gasteiger partial charge in [-0.1, -0.05) is 17.4 Å². The second kappa shape index (κ2) is 7.93. The van der Waals surface area contributed by atoms with Gasteiger partial charge in [-0.2, -0.15) is 4.99 Å². The number of hydrogen-bond acceptors (Lipinski definition) is 5. The highest BCUT2D eigenvalue weighted by Crippen LogP contribution is 2.18. The molecule has 1 aliphatic heterocycles. The van der Waals surface area contributed by atoms with Crippen LogP contribution < -0.4 is 4.80 Å². The highest BCUT2D eigenvalue weighted by atomic mass is 32.2. The molecular formula is C18H23N3O4S2. The standard InChI is InChI=1S/C18H23N3O4S2/c1-3-21-14-7-6-13(2)10-15(14)26-18(21)19-16(22)11-27(24,25)12-17(23)20-8-4-5-9-20/h6-7,10H,3-5,8-9,11-12H2,1-2H3. The first-order valence-corrected chi connectivity index (χ1v) is 11.6. The minimum absolute atomic E-state index is 0.429. The number of amides is 2. The molecule has 1 fully saturated rings. The number of hydrogen-bond donors (Lipinski definition) is 0. The number of aromatic nitrogens is 1. The third-order valence-electron chi connectivity index (χ3n) is 4.52. The van der Waals surface area contributed by atoms with Gasteiger partial charge in [-0.15, -0.1) is 0 Å². The van der Waals surface area contributed by atoms with Gasteiger partial charge in [0.15, 0.2) is 14.6 Å². The van der Waals surface area contributed by atoms with Crippen LogP contribution in [0.15, 0.2) is 23.2 Å². The zero-order valence-corrected chi connectivity index (χ0v) is 17.1. The van der Waals surface area contributed by atoms with E-state index in [0.717, 1.165) is 28.6 Å². The average Bonchev–Trinajstić information content (AvgIpc) is 3.20. The summed E-state index contributed by atoms with van der Waals surface area (Å²) in [6.45, 7) is 5.73. The maximum atomic E-state index is 12.3. The summed E-state index contributed by atoms with van der Waals surface area (Å²) in [6, 6.07) is 5.97. The van der Waals surface area contributed by atoms with E-state index in [1.54, 1.807) is 4.90 Å². The lowest BCUT2D eigenvalue weighted by atomic mass is 10.2. The number of fused-ring (bicyclic) bond motifs is 1. The van der Waals surface area contributed by atoms with Crippen molar-refractivity contribution in [2.75, 3.05) is 24.6 Å². The van der Waals surface area contributed by atoms with Crippen LogP contribution in [0, 0.1) is 6.92 Å². The van der Waals surface area contributed by atoms with Crippen molar-refractivity contribution in [3.63, 3.8) is 0 Å². The van der Waals surface area contributed by atoms with Gasteiger partial charge in [-0.3, -0.25) is 9.59 Å². The third kappa shape index (κ3) is 4.65. The van der Waals surface area contributed by atoms with E-state index in [-0.39, 0.29) is 0 Å². The molecule has 9 heteroatoms. The van der Waals surface area contributed by atoms with E-state index >= 15 is 0 Å². The quantitative estimate of drug-likeness (QED) is 0.748. The number of carbonyl (C=O) groups excluding carboxylic acids is 2.